The molecule has 0 bridgehead atoms. The van der Waals surface area contributed by atoms with Crippen molar-refractivity contribution in [1.29, 1.82) is 0 Å². The van der Waals surface area contributed by atoms with Crippen LogP contribution < -0.4 is 0 Å². The molecule has 0 radical (unpaired) electrons. The van der Waals surface area contributed by atoms with Crippen molar-refractivity contribution in [3.8, 4) is 0 Å². The molecule has 0 aromatic heterocycles. The van der Waals surface area contributed by atoms with Gasteiger partial charge in [0.25, 0.3) is 0 Å². The van der Waals surface area contributed by atoms with E-state index in [0.717, 1.165) is 31.5 Å². The van der Waals surface area contributed by atoms with Crippen LogP contribution >= 0.6 is 0 Å². The summed E-state index contributed by atoms with van der Waals surface area (Å²) in [6.07, 6.45) is 2.64. The number of fused-ring (bicyclic) bond motifs is 1. The van der Waals surface area contributed by atoms with Gasteiger partial charge in [0.15, 0.2) is 0 Å². The Kier molecular flexibility index (Phi) is 2.90. The summed E-state index contributed by atoms with van der Waals surface area (Å²) in [5, 5.41) is 12.0. The maximum Gasteiger partial charge on any atom is 0.302 e. The van der Waals surface area contributed by atoms with Gasteiger partial charge >= 0.3 is 5.97 Å². The van der Waals surface area contributed by atoms with Gasteiger partial charge in [-0.05, 0) is 19.3 Å². The van der Waals surface area contributed by atoms with E-state index in [1.165, 1.54) is 6.92 Å². The second kappa shape index (κ2) is 4.18. The van der Waals surface area contributed by atoms with E-state index in [9.17, 15) is 4.79 Å². The quantitative estimate of drug-likeness (QED) is 0.393. The molecular weight excluding hydrogens is 196 g/mol. The lowest BCUT2D eigenvalue weighted by Gasteiger charge is -2.31. The van der Waals surface area contributed by atoms with Crippen LogP contribution in [0.25, 0.3) is 0 Å². The van der Waals surface area contributed by atoms with Crippen molar-refractivity contribution in [1.82, 2.24) is 4.90 Å². The number of hydrogen-bond donors (Lipinski definition) is 1. The third-order valence-electron chi connectivity index (χ3n) is 3.17. The molecule has 2 heterocycles. The van der Waals surface area contributed by atoms with Gasteiger partial charge in [-0.2, -0.15) is 0 Å². The Balaban J connectivity index is 1.98. The predicted molar refractivity (Wildman–Crippen MR) is 54.0 cm³/mol. The summed E-state index contributed by atoms with van der Waals surface area (Å²) < 4.78 is 5.27. The van der Waals surface area contributed by atoms with Gasteiger partial charge < -0.3 is 9.94 Å². The Morgan fingerprint density at radius 2 is 2.40 bits per heavy atom. The minimum Gasteiger partial charge on any atom is -0.461 e. The van der Waals surface area contributed by atoms with Crippen LogP contribution in [-0.2, 0) is 9.53 Å². The highest BCUT2D eigenvalue weighted by Gasteiger charge is 2.39. The maximum absolute atomic E-state index is 10.9. The summed E-state index contributed by atoms with van der Waals surface area (Å²) in [5.74, 6) is -0.205. The summed E-state index contributed by atoms with van der Waals surface area (Å²) in [6.45, 7) is 3.08. The average Bonchev–Trinajstić information content (AvgIpc) is 2.60. The van der Waals surface area contributed by atoms with Gasteiger partial charge in [0.05, 0.1) is 5.71 Å². The van der Waals surface area contributed by atoms with Gasteiger partial charge in [-0.25, -0.2) is 0 Å². The largest absolute Gasteiger partial charge is 0.461 e. The number of piperidine rings is 1. The zero-order valence-corrected chi connectivity index (χ0v) is 8.85. The normalized spacial score (nSPS) is 34.1. The third-order valence-corrected chi connectivity index (χ3v) is 3.17. The minimum absolute atomic E-state index is 0.0303. The van der Waals surface area contributed by atoms with E-state index in [4.69, 9.17) is 9.94 Å². The maximum atomic E-state index is 10.9. The molecule has 0 spiro atoms. The number of nitrogens with zero attached hydrogens (tertiary/aromatic N) is 2. The van der Waals surface area contributed by atoms with Gasteiger partial charge in [-0.1, -0.05) is 5.16 Å². The van der Waals surface area contributed by atoms with Crippen LogP contribution in [0.5, 0.6) is 0 Å². The van der Waals surface area contributed by atoms with E-state index >= 15 is 0 Å². The Bertz CT molecular complexity index is 290. The number of carbonyl (C=O) groups excluding carboxylic acids is 1. The molecule has 0 saturated carbocycles. The number of oxime groups is 1. The van der Waals surface area contributed by atoms with E-state index in [1.54, 1.807) is 0 Å². The predicted octanol–water partition coefficient (Wildman–Crippen LogP) is 0.616. The molecule has 2 rings (SSSR count). The number of ether oxygens (including phenoxy) is 1. The minimum atomic E-state index is -0.205. The number of esters is 1. The van der Waals surface area contributed by atoms with Crippen LogP contribution in [0.1, 0.15) is 26.2 Å². The molecular formula is C10H16N2O3. The van der Waals surface area contributed by atoms with Crippen LogP contribution in [0.2, 0.25) is 0 Å². The highest BCUT2D eigenvalue weighted by molar-refractivity contribution is 5.86. The number of rotatable bonds is 1. The lowest BCUT2D eigenvalue weighted by atomic mass is 9.99. The molecule has 5 heteroatoms. The van der Waals surface area contributed by atoms with E-state index < -0.39 is 0 Å². The number of hydrogen-bond acceptors (Lipinski definition) is 5. The van der Waals surface area contributed by atoms with Crippen molar-refractivity contribution in [3.05, 3.63) is 0 Å². The fourth-order valence-corrected chi connectivity index (χ4v) is 2.51. The lowest BCUT2D eigenvalue weighted by molar-refractivity contribution is -0.147. The van der Waals surface area contributed by atoms with E-state index in [1.807, 2.05) is 0 Å². The van der Waals surface area contributed by atoms with Gasteiger partial charge in [0, 0.05) is 26.1 Å². The SMILES string of the molecule is CC(=O)O[C@H]1CCN2C/C(=N/O)CC[C@@H]12. The highest BCUT2D eigenvalue weighted by Crippen LogP contribution is 2.28. The molecule has 0 amide bonds. The molecule has 2 fully saturated rings. The average molecular weight is 212 g/mol. The standard InChI is InChI=1S/C10H16N2O3/c1-7(13)15-10-4-5-12-6-8(11-14)2-3-9(10)12/h9-10,14H,2-6H2,1H3/b11-8+/t9-,10-/m0/s1. The molecule has 5 nitrogen and oxygen atoms in total. The second-order valence-electron chi connectivity index (χ2n) is 4.18. The van der Waals surface area contributed by atoms with Crippen LogP contribution in [-0.4, -0.2) is 47.0 Å². The van der Waals surface area contributed by atoms with E-state index in [2.05, 4.69) is 10.1 Å². The first-order chi connectivity index (χ1) is 7.20. The summed E-state index contributed by atoms with van der Waals surface area (Å²) in [4.78, 5) is 13.1. The monoisotopic (exact) mass is 212 g/mol. The van der Waals surface area contributed by atoms with Crippen molar-refractivity contribution < 1.29 is 14.7 Å². The molecule has 2 atom stereocenters. The third kappa shape index (κ3) is 2.12. The first-order valence-corrected chi connectivity index (χ1v) is 5.32. The molecule has 15 heavy (non-hydrogen) atoms. The van der Waals surface area contributed by atoms with Crippen LogP contribution in [0.4, 0.5) is 0 Å². The summed E-state index contributed by atoms with van der Waals surface area (Å²) in [5.41, 5.74) is 0.828. The Morgan fingerprint density at radius 3 is 3.07 bits per heavy atom. The van der Waals surface area contributed by atoms with Crippen molar-refractivity contribution in [3.63, 3.8) is 0 Å². The van der Waals surface area contributed by atoms with Gasteiger partial charge in [0.2, 0.25) is 0 Å². The van der Waals surface area contributed by atoms with E-state index in [-0.39, 0.29) is 12.1 Å². The highest BCUT2D eigenvalue weighted by atomic mass is 16.5. The fraction of sp³-hybridized carbons (Fsp3) is 0.800. The van der Waals surface area contributed by atoms with Crippen LogP contribution in [0.15, 0.2) is 5.16 Å². The second-order valence-corrected chi connectivity index (χ2v) is 4.18. The van der Waals surface area contributed by atoms with Gasteiger partial charge in [-0.15, -0.1) is 0 Å². The first kappa shape index (κ1) is 10.4. The fourth-order valence-electron chi connectivity index (χ4n) is 2.51. The van der Waals surface area contributed by atoms with Crippen LogP contribution in [0.3, 0.4) is 0 Å². The smallest absolute Gasteiger partial charge is 0.302 e. The summed E-state index contributed by atoms with van der Waals surface area (Å²) >= 11 is 0. The molecule has 0 unspecified atom stereocenters. The molecule has 2 aliphatic heterocycles. The van der Waals surface area contributed by atoms with Crippen molar-refractivity contribution in [2.75, 3.05) is 13.1 Å². The Hall–Kier alpha value is -1.10. The van der Waals surface area contributed by atoms with E-state index in [0.29, 0.717) is 12.6 Å². The molecule has 2 aliphatic rings. The Labute approximate surface area is 88.7 Å². The summed E-state index contributed by atoms with van der Waals surface area (Å²) in [6, 6.07) is 0.319. The molecule has 84 valence electrons. The first-order valence-electron chi connectivity index (χ1n) is 5.32. The molecule has 2 saturated heterocycles. The lowest BCUT2D eigenvalue weighted by Crippen LogP contribution is -2.44. The zero-order valence-electron chi connectivity index (χ0n) is 8.85. The van der Waals surface area contributed by atoms with Gasteiger partial charge in [-0.3, -0.25) is 9.69 Å². The number of carbonyl (C=O) groups is 1. The topological polar surface area (TPSA) is 62.1 Å². The van der Waals surface area contributed by atoms with Crippen molar-refractivity contribution >= 4 is 11.7 Å². The molecule has 0 aromatic carbocycles. The van der Waals surface area contributed by atoms with Crippen molar-refractivity contribution in [2.24, 2.45) is 5.16 Å². The Morgan fingerprint density at radius 1 is 1.60 bits per heavy atom. The van der Waals surface area contributed by atoms with Crippen LogP contribution in [0, 0.1) is 0 Å². The molecule has 0 aliphatic carbocycles. The summed E-state index contributed by atoms with van der Waals surface area (Å²) in [7, 11) is 0. The zero-order chi connectivity index (χ0) is 10.8. The molecule has 0 aromatic rings. The molecule has 1 N–H and O–H groups in total. The van der Waals surface area contributed by atoms with Gasteiger partial charge in [0.1, 0.15) is 6.10 Å². The van der Waals surface area contributed by atoms with Crippen molar-refractivity contribution in [2.45, 2.75) is 38.3 Å².